The highest BCUT2D eigenvalue weighted by atomic mass is 32.2. The minimum atomic E-state index is -3.64. The van der Waals surface area contributed by atoms with Gasteiger partial charge in [-0.3, -0.25) is 9.10 Å². The summed E-state index contributed by atoms with van der Waals surface area (Å²) in [4.78, 5) is 13.1. The Bertz CT molecular complexity index is 953. The van der Waals surface area contributed by atoms with Gasteiger partial charge in [0.2, 0.25) is 15.9 Å². The van der Waals surface area contributed by atoms with Gasteiger partial charge in [0.25, 0.3) is 0 Å². The average molecular weight is 417 g/mol. The molecule has 0 saturated carbocycles. The first kappa shape index (κ1) is 22.9. The number of hydrogen-bond donors (Lipinski definition) is 1. The molecule has 0 fully saturated rings. The molecule has 0 spiro atoms. The summed E-state index contributed by atoms with van der Waals surface area (Å²) in [6, 6.07) is 12.5. The number of anilines is 1. The number of nitrogens with zero attached hydrogens (tertiary/aromatic N) is 1. The molecular formula is C23H32N2O3S. The molecule has 0 saturated heterocycles. The fourth-order valence-corrected chi connectivity index (χ4v) is 4.56. The molecule has 0 aliphatic carbocycles. The first-order valence-electron chi connectivity index (χ1n) is 10.0. The van der Waals surface area contributed by atoms with E-state index in [4.69, 9.17) is 0 Å². The lowest BCUT2D eigenvalue weighted by Gasteiger charge is -2.31. The number of carbonyl (C=O) groups is 1. The lowest BCUT2D eigenvalue weighted by Crippen LogP contribution is -2.49. The van der Waals surface area contributed by atoms with Gasteiger partial charge in [0.15, 0.2) is 0 Å². The monoisotopic (exact) mass is 416 g/mol. The Morgan fingerprint density at radius 2 is 1.66 bits per heavy atom. The second kappa shape index (κ2) is 9.44. The summed E-state index contributed by atoms with van der Waals surface area (Å²) >= 11 is 0. The van der Waals surface area contributed by atoms with Crippen LogP contribution >= 0.6 is 0 Å². The summed E-state index contributed by atoms with van der Waals surface area (Å²) in [5.41, 5.74) is 4.79. The highest BCUT2D eigenvalue weighted by Gasteiger charge is 2.32. The van der Waals surface area contributed by atoms with Gasteiger partial charge in [-0.15, -0.1) is 0 Å². The molecular weight excluding hydrogens is 384 g/mol. The third kappa shape index (κ3) is 5.60. The number of sulfonamides is 1. The van der Waals surface area contributed by atoms with E-state index < -0.39 is 16.1 Å². The normalized spacial score (nSPS) is 13.6. The summed E-state index contributed by atoms with van der Waals surface area (Å²) in [6.45, 7) is 9.73. The number of aryl methyl sites for hydroxylation is 3. The maximum Gasteiger partial charge on any atom is 0.244 e. The van der Waals surface area contributed by atoms with E-state index in [-0.39, 0.29) is 11.9 Å². The first-order valence-corrected chi connectivity index (χ1v) is 11.9. The van der Waals surface area contributed by atoms with Crippen molar-refractivity contribution in [3.8, 4) is 0 Å². The van der Waals surface area contributed by atoms with E-state index in [9.17, 15) is 13.2 Å². The average Bonchev–Trinajstić information content (AvgIpc) is 2.67. The Hall–Kier alpha value is -2.34. The van der Waals surface area contributed by atoms with Crippen LogP contribution in [0.25, 0.3) is 0 Å². The van der Waals surface area contributed by atoms with E-state index in [0.29, 0.717) is 12.1 Å². The summed E-state index contributed by atoms with van der Waals surface area (Å²) in [7, 11) is -3.64. The zero-order valence-electron chi connectivity index (χ0n) is 18.2. The number of nitrogens with one attached hydrogen (secondary N) is 1. The Kier molecular flexibility index (Phi) is 7.47. The van der Waals surface area contributed by atoms with Crippen molar-refractivity contribution in [2.24, 2.45) is 0 Å². The maximum absolute atomic E-state index is 13.1. The van der Waals surface area contributed by atoms with Crippen molar-refractivity contribution in [3.63, 3.8) is 0 Å². The van der Waals surface area contributed by atoms with E-state index in [2.05, 4.69) is 12.2 Å². The van der Waals surface area contributed by atoms with Crippen molar-refractivity contribution in [2.75, 3.05) is 10.6 Å². The quantitative estimate of drug-likeness (QED) is 0.698. The number of rotatable bonds is 8. The molecule has 0 aliphatic heterocycles. The lowest BCUT2D eigenvalue weighted by atomic mass is 10.0. The van der Waals surface area contributed by atoms with Gasteiger partial charge in [0, 0.05) is 0 Å². The smallest absolute Gasteiger partial charge is 0.244 e. The van der Waals surface area contributed by atoms with Crippen molar-refractivity contribution in [2.45, 2.75) is 59.5 Å². The largest absolute Gasteiger partial charge is 0.348 e. The fourth-order valence-electron chi connectivity index (χ4n) is 3.36. The number of carbonyl (C=O) groups excluding carboxylic acids is 1. The molecule has 0 bridgehead atoms. The van der Waals surface area contributed by atoms with Gasteiger partial charge in [-0.05, 0) is 68.0 Å². The van der Waals surface area contributed by atoms with Crippen LogP contribution in [0.1, 0.15) is 55.5 Å². The molecule has 0 aliphatic rings. The van der Waals surface area contributed by atoms with Crippen LogP contribution in [0.2, 0.25) is 0 Å². The molecule has 0 aromatic heterocycles. The minimum absolute atomic E-state index is 0.219. The van der Waals surface area contributed by atoms with Crippen molar-refractivity contribution < 1.29 is 13.2 Å². The van der Waals surface area contributed by atoms with Crippen LogP contribution in [0.4, 0.5) is 5.69 Å². The van der Waals surface area contributed by atoms with E-state index in [1.54, 1.807) is 6.07 Å². The van der Waals surface area contributed by atoms with Crippen LogP contribution < -0.4 is 9.62 Å². The van der Waals surface area contributed by atoms with E-state index in [1.165, 1.54) is 9.87 Å². The SMILES string of the molecule is CCc1ccc([C@@H](C)NC(=O)[C@H](CC)N(c2ccc(C)c(C)c2)S(C)(=O)=O)cc1. The zero-order chi connectivity index (χ0) is 21.8. The Morgan fingerprint density at radius 3 is 2.14 bits per heavy atom. The molecule has 29 heavy (non-hydrogen) atoms. The molecule has 5 nitrogen and oxygen atoms in total. The van der Waals surface area contributed by atoms with E-state index >= 15 is 0 Å². The van der Waals surface area contributed by atoms with Crippen molar-refractivity contribution in [1.29, 1.82) is 0 Å². The van der Waals surface area contributed by atoms with Crippen LogP contribution in [0.5, 0.6) is 0 Å². The molecule has 1 amide bonds. The third-order valence-corrected chi connectivity index (χ3v) is 6.50. The first-order chi connectivity index (χ1) is 13.6. The molecule has 2 atom stereocenters. The van der Waals surface area contributed by atoms with Gasteiger partial charge < -0.3 is 5.32 Å². The molecule has 158 valence electrons. The standard InChI is InChI=1S/C23H32N2O3S/c1-7-19-10-12-20(13-11-19)18(5)24-23(26)22(8-2)25(29(6,27)28)21-14-9-16(3)17(4)15-21/h9-15,18,22H,7-8H2,1-6H3,(H,24,26)/t18-,22+/m1/s1. The lowest BCUT2D eigenvalue weighted by molar-refractivity contribution is -0.122. The van der Waals surface area contributed by atoms with Gasteiger partial charge >= 0.3 is 0 Å². The van der Waals surface area contributed by atoms with E-state index in [0.717, 1.165) is 29.4 Å². The van der Waals surface area contributed by atoms with Gasteiger partial charge in [0.1, 0.15) is 6.04 Å². The number of benzene rings is 2. The second-order valence-corrected chi connectivity index (χ2v) is 9.44. The Balaban J connectivity index is 2.30. The zero-order valence-corrected chi connectivity index (χ0v) is 19.0. The molecule has 1 N–H and O–H groups in total. The second-order valence-electron chi connectivity index (χ2n) is 7.58. The predicted octanol–water partition coefficient (Wildman–Crippen LogP) is 4.29. The van der Waals surface area contributed by atoms with Gasteiger partial charge in [-0.1, -0.05) is 44.2 Å². The third-order valence-electron chi connectivity index (χ3n) is 5.32. The Labute approximate surface area is 175 Å². The topological polar surface area (TPSA) is 66.5 Å². The predicted molar refractivity (Wildman–Crippen MR) is 120 cm³/mol. The van der Waals surface area contributed by atoms with E-state index in [1.807, 2.05) is 64.1 Å². The van der Waals surface area contributed by atoms with Crippen LogP contribution in [0, 0.1) is 13.8 Å². The van der Waals surface area contributed by atoms with Gasteiger partial charge in [0.05, 0.1) is 18.0 Å². The molecule has 2 aromatic rings. The molecule has 0 heterocycles. The van der Waals surface area contributed by atoms with Crippen LogP contribution in [0.15, 0.2) is 42.5 Å². The number of amides is 1. The molecule has 2 aromatic carbocycles. The highest BCUT2D eigenvalue weighted by molar-refractivity contribution is 7.92. The van der Waals surface area contributed by atoms with Crippen LogP contribution in [0.3, 0.4) is 0 Å². The summed E-state index contributed by atoms with van der Waals surface area (Å²) in [5.74, 6) is -0.303. The molecule has 0 unspecified atom stereocenters. The van der Waals surface area contributed by atoms with Crippen molar-refractivity contribution >= 4 is 21.6 Å². The number of hydrogen-bond acceptors (Lipinski definition) is 3. The highest BCUT2D eigenvalue weighted by Crippen LogP contribution is 2.25. The molecule has 2 rings (SSSR count). The fraction of sp³-hybridized carbons (Fsp3) is 0.435. The maximum atomic E-state index is 13.1. The molecule has 6 heteroatoms. The minimum Gasteiger partial charge on any atom is -0.348 e. The summed E-state index contributed by atoms with van der Waals surface area (Å²) < 4.78 is 26.4. The van der Waals surface area contributed by atoms with Gasteiger partial charge in [-0.2, -0.15) is 0 Å². The molecule has 0 radical (unpaired) electrons. The van der Waals surface area contributed by atoms with Crippen LogP contribution in [-0.4, -0.2) is 26.6 Å². The van der Waals surface area contributed by atoms with Gasteiger partial charge in [-0.25, -0.2) is 8.42 Å². The summed E-state index contributed by atoms with van der Waals surface area (Å²) in [6.07, 6.45) is 2.47. The van der Waals surface area contributed by atoms with Crippen molar-refractivity contribution in [3.05, 3.63) is 64.7 Å². The summed E-state index contributed by atoms with van der Waals surface area (Å²) in [5, 5.41) is 2.99. The van der Waals surface area contributed by atoms with Crippen molar-refractivity contribution in [1.82, 2.24) is 5.32 Å². The Morgan fingerprint density at radius 1 is 1.03 bits per heavy atom. The van der Waals surface area contributed by atoms with Crippen LogP contribution in [-0.2, 0) is 21.2 Å².